The van der Waals surface area contributed by atoms with Crippen LogP contribution >= 0.6 is 0 Å². The molecule has 1 fully saturated rings. The minimum absolute atomic E-state index is 0.556. The molecule has 0 aromatic rings. The van der Waals surface area contributed by atoms with Crippen molar-refractivity contribution in [3.05, 3.63) is 0 Å². The highest BCUT2D eigenvalue weighted by molar-refractivity contribution is 4.73. The van der Waals surface area contributed by atoms with Gasteiger partial charge in [0.15, 0.2) is 0 Å². The summed E-state index contributed by atoms with van der Waals surface area (Å²) in [5, 5.41) is 3.47. The predicted molar refractivity (Wildman–Crippen MR) is 59.6 cm³/mol. The molecule has 1 saturated heterocycles. The molecule has 2 unspecified atom stereocenters. The van der Waals surface area contributed by atoms with Crippen LogP contribution in [0.15, 0.2) is 0 Å². The Morgan fingerprint density at radius 1 is 1.57 bits per heavy atom. The van der Waals surface area contributed by atoms with Crippen molar-refractivity contribution in [2.45, 2.75) is 26.3 Å². The molecule has 0 radical (unpaired) electrons. The van der Waals surface area contributed by atoms with Gasteiger partial charge in [0, 0.05) is 19.7 Å². The molecular formula is C11H24N2O. The molecule has 0 aliphatic carbocycles. The Morgan fingerprint density at radius 2 is 2.36 bits per heavy atom. The van der Waals surface area contributed by atoms with Crippen LogP contribution in [0, 0.1) is 5.92 Å². The second-order valence-electron chi connectivity index (χ2n) is 4.46. The molecular weight excluding hydrogens is 176 g/mol. The van der Waals surface area contributed by atoms with Crippen LogP contribution in [-0.4, -0.2) is 50.8 Å². The summed E-state index contributed by atoms with van der Waals surface area (Å²) < 4.78 is 5.21. The number of nitrogens with one attached hydrogen (secondary N) is 1. The van der Waals surface area contributed by atoms with Gasteiger partial charge in [-0.25, -0.2) is 0 Å². The van der Waals surface area contributed by atoms with Gasteiger partial charge in [-0.15, -0.1) is 0 Å². The van der Waals surface area contributed by atoms with E-state index in [9.17, 15) is 0 Å². The van der Waals surface area contributed by atoms with Gasteiger partial charge in [0.25, 0.3) is 0 Å². The molecule has 1 aliphatic rings. The van der Waals surface area contributed by atoms with Crippen LogP contribution in [0.3, 0.4) is 0 Å². The lowest BCUT2D eigenvalue weighted by atomic mass is 10.1. The summed E-state index contributed by atoms with van der Waals surface area (Å²) >= 11 is 0. The maximum atomic E-state index is 5.21. The van der Waals surface area contributed by atoms with Crippen molar-refractivity contribution in [2.24, 2.45) is 5.92 Å². The maximum absolute atomic E-state index is 5.21. The van der Waals surface area contributed by atoms with Crippen molar-refractivity contribution < 1.29 is 4.74 Å². The van der Waals surface area contributed by atoms with Gasteiger partial charge < -0.3 is 10.1 Å². The molecule has 1 aliphatic heterocycles. The molecule has 1 N–H and O–H groups in total. The summed E-state index contributed by atoms with van der Waals surface area (Å²) in [5.74, 6) is 0.745. The Hall–Kier alpha value is -0.120. The normalized spacial score (nSPS) is 28.1. The van der Waals surface area contributed by atoms with Gasteiger partial charge in [0.05, 0.1) is 6.61 Å². The van der Waals surface area contributed by atoms with E-state index < -0.39 is 0 Å². The lowest BCUT2D eigenvalue weighted by molar-refractivity contribution is 0.0847. The number of hydrogen-bond acceptors (Lipinski definition) is 3. The number of ether oxygens (including phenoxy) is 1. The molecule has 2 atom stereocenters. The van der Waals surface area contributed by atoms with Crippen LogP contribution in [0.5, 0.6) is 0 Å². The molecule has 1 rings (SSSR count). The molecule has 3 nitrogen and oxygen atoms in total. The van der Waals surface area contributed by atoms with Gasteiger partial charge in [-0.1, -0.05) is 6.92 Å². The summed E-state index contributed by atoms with van der Waals surface area (Å²) in [6, 6.07) is 0.556. The highest BCUT2D eigenvalue weighted by Crippen LogP contribution is 2.08. The Morgan fingerprint density at radius 3 is 3.07 bits per heavy atom. The topological polar surface area (TPSA) is 24.5 Å². The Balaban J connectivity index is 2.38. The predicted octanol–water partition coefficient (Wildman–Crippen LogP) is 0.953. The lowest BCUT2D eigenvalue weighted by Gasteiger charge is -2.33. The average Bonchev–Trinajstić information content (AvgIpc) is 2.11. The standard InChI is InChI=1S/C11H24N2O/c1-10-7-12-5-4-6-13(8-10)11(2)9-14-3/h10-12H,4-9H2,1-3H3. The van der Waals surface area contributed by atoms with Gasteiger partial charge in [-0.3, -0.25) is 4.90 Å². The minimum atomic E-state index is 0.556. The van der Waals surface area contributed by atoms with E-state index in [0.29, 0.717) is 6.04 Å². The number of methoxy groups -OCH3 is 1. The first-order chi connectivity index (χ1) is 6.74. The quantitative estimate of drug-likeness (QED) is 0.734. The van der Waals surface area contributed by atoms with E-state index in [-0.39, 0.29) is 0 Å². The monoisotopic (exact) mass is 200 g/mol. The number of hydrogen-bond donors (Lipinski definition) is 1. The fraction of sp³-hybridized carbons (Fsp3) is 1.00. The van der Waals surface area contributed by atoms with E-state index in [1.165, 1.54) is 19.5 Å². The van der Waals surface area contributed by atoms with E-state index in [1.54, 1.807) is 7.11 Å². The second kappa shape index (κ2) is 6.38. The highest BCUT2D eigenvalue weighted by atomic mass is 16.5. The number of rotatable bonds is 3. The van der Waals surface area contributed by atoms with Crippen LogP contribution < -0.4 is 5.32 Å². The second-order valence-corrected chi connectivity index (χ2v) is 4.46. The van der Waals surface area contributed by atoms with Gasteiger partial charge in [0.2, 0.25) is 0 Å². The summed E-state index contributed by atoms with van der Waals surface area (Å²) in [4.78, 5) is 2.55. The first-order valence-corrected chi connectivity index (χ1v) is 5.67. The largest absolute Gasteiger partial charge is 0.383 e. The summed E-state index contributed by atoms with van der Waals surface area (Å²) in [7, 11) is 1.78. The third-order valence-electron chi connectivity index (χ3n) is 2.87. The number of nitrogens with zero attached hydrogens (tertiary/aromatic N) is 1. The van der Waals surface area contributed by atoms with Crippen LogP contribution in [-0.2, 0) is 4.74 Å². The molecule has 3 heteroatoms. The van der Waals surface area contributed by atoms with Crippen LogP contribution in [0.25, 0.3) is 0 Å². The van der Waals surface area contributed by atoms with E-state index in [0.717, 1.165) is 25.6 Å². The summed E-state index contributed by atoms with van der Waals surface area (Å²) in [6.07, 6.45) is 1.25. The lowest BCUT2D eigenvalue weighted by Crippen LogP contribution is -2.44. The fourth-order valence-corrected chi connectivity index (χ4v) is 2.06. The molecule has 0 spiro atoms. The molecule has 84 valence electrons. The molecule has 0 aromatic heterocycles. The van der Waals surface area contributed by atoms with Crippen molar-refractivity contribution in [3.63, 3.8) is 0 Å². The minimum Gasteiger partial charge on any atom is -0.383 e. The zero-order valence-electron chi connectivity index (χ0n) is 9.75. The SMILES string of the molecule is COCC(C)N1CCCNCC(C)C1. The van der Waals surface area contributed by atoms with Crippen molar-refractivity contribution in [3.8, 4) is 0 Å². The maximum Gasteiger partial charge on any atom is 0.0615 e. The Labute approximate surface area is 87.8 Å². The van der Waals surface area contributed by atoms with Crippen molar-refractivity contribution >= 4 is 0 Å². The molecule has 1 heterocycles. The van der Waals surface area contributed by atoms with Crippen molar-refractivity contribution in [2.75, 3.05) is 39.9 Å². The van der Waals surface area contributed by atoms with E-state index in [2.05, 4.69) is 24.1 Å². The average molecular weight is 200 g/mol. The van der Waals surface area contributed by atoms with Crippen molar-refractivity contribution in [1.29, 1.82) is 0 Å². The zero-order valence-corrected chi connectivity index (χ0v) is 9.75. The van der Waals surface area contributed by atoms with Gasteiger partial charge in [-0.05, 0) is 38.9 Å². The third kappa shape index (κ3) is 3.95. The van der Waals surface area contributed by atoms with Gasteiger partial charge >= 0.3 is 0 Å². The van der Waals surface area contributed by atoms with Crippen LogP contribution in [0.1, 0.15) is 20.3 Å². The zero-order chi connectivity index (χ0) is 10.4. The third-order valence-corrected chi connectivity index (χ3v) is 2.87. The van der Waals surface area contributed by atoms with Crippen LogP contribution in [0.2, 0.25) is 0 Å². The highest BCUT2D eigenvalue weighted by Gasteiger charge is 2.17. The Kier molecular flexibility index (Phi) is 5.45. The van der Waals surface area contributed by atoms with E-state index in [1.807, 2.05) is 0 Å². The Bertz CT molecular complexity index is 152. The molecule has 0 saturated carbocycles. The van der Waals surface area contributed by atoms with Crippen LogP contribution in [0.4, 0.5) is 0 Å². The van der Waals surface area contributed by atoms with E-state index in [4.69, 9.17) is 4.74 Å². The van der Waals surface area contributed by atoms with Gasteiger partial charge in [0.1, 0.15) is 0 Å². The van der Waals surface area contributed by atoms with Crippen molar-refractivity contribution in [1.82, 2.24) is 10.2 Å². The van der Waals surface area contributed by atoms with E-state index >= 15 is 0 Å². The molecule has 0 aromatic carbocycles. The first kappa shape index (κ1) is 12.0. The fourth-order valence-electron chi connectivity index (χ4n) is 2.06. The van der Waals surface area contributed by atoms with Gasteiger partial charge in [-0.2, -0.15) is 0 Å². The molecule has 14 heavy (non-hydrogen) atoms. The smallest absolute Gasteiger partial charge is 0.0615 e. The molecule has 0 bridgehead atoms. The summed E-state index contributed by atoms with van der Waals surface area (Å²) in [5.41, 5.74) is 0. The first-order valence-electron chi connectivity index (χ1n) is 5.67. The summed E-state index contributed by atoms with van der Waals surface area (Å²) in [6.45, 7) is 10.1. The molecule has 0 amide bonds.